The number of rotatable bonds is 3. The van der Waals surface area contributed by atoms with Gasteiger partial charge in [-0.1, -0.05) is 0 Å². The first-order valence-electron chi connectivity index (χ1n) is 6.34. The first-order valence-corrected chi connectivity index (χ1v) is 6.34. The van der Waals surface area contributed by atoms with Crippen molar-refractivity contribution in [2.75, 3.05) is 23.7 Å². The van der Waals surface area contributed by atoms with Gasteiger partial charge in [0.15, 0.2) is 0 Å². The molecule has 1 atom stereocenters. The van der Waals surface area contributed by atoms with Crippen molar-refractivity contribution in [2.45, 2.75) is 25.6 Å². The van der Waals surface area contributed by atoms with Crippen LogP contribution in [0.4, 0.5) is 24.5 Å². The number of fused-ring (bicyclic) bond motifs is 1. The Bertz CT molecular complexity index is 502. The second-order valence-electron chi connectivity index (χ2n) is 4.81. The zero-order valence-electron chi connectivity index (χ0n) is 11.0. The van der Waals surface area contributed by atoms with Gasteiger partial charge >= 0.3 is 6.18 Å². The number of alkyl halides is 3. The van der Waals surface area contributed by atoms with Crippen LogP contribution in [0.2, 0.25) is 0 Å². The van der Waals surface area contributed by atoms with E-state index in [1.165, 1.54) is 6.92 Å². The number of nitrogens with one attached hydrogen (secondary N) is 3. The van der Waals surface area contributed by atoms with Crippen molar-refractivity contribution in [2.24, 2.45) is 0 Å². The molecule has 1 unspecified atom stereocenters. The lowest BCUT2D eigenvalue weighted by molar-refractivity contribution is -0.138. The number of hydrogen-bond acceptors (Lipinski definition) is 3. The van der Waals surface area contributed by atoms with E-state index in [2.05, 4.69) is 16.0 Å². The van der Waals surface area contributed by atoms with E-state index >= 15 is 0 Å². The molecule has 0 saturated heterocycles. The van der Waals surface area contributed by atoms with Crippen LogP contribution >= 0.6 is 0 Å². The van der Waals surface area contributed by atoms with E-state index in [1.807, 2.05) is 0 Å². The van der Waals surface area contributed by atoms with Gasteiger partial charge in [-0.05, 0) is 25.1 Å². The van der Waals surface area contributed by atoms with Crippen LogP contribution in [-0.2, 0) is 0 Å². The number of anilines is 2. The number of carbonyl (C=O) groups excluding carboxylic acids is 1. The van der Waals surface area contributed by atoms with Crippen molar-refractivity contribution in [3.05, 3.63) is 23.8 Å². The van der Waals surface area contributed by atoms with E-state index < -0.39 is 24.5 Å². The number of benzene rings is 1. The molecule has 2 rings (SSSR count). The first kappa shape index (κ1) is 14.5. The lowest BCUT2D eigenvalue weighted by Gasteiger charge is -2.21. The molecule has 1 amide bonds. The molecule has 0 aliphatic carbocycles. The Morgan fingerprint density at radius 3 is 2.60 bits per heavy atom. The number of amides is 1. The molecule has 7 heteroatoms. The topological polar surface area (TPSA) is 53.2 Å². The Morgan fingerprint density at radius 2 is 1.95 bits per heavy atom. The minimum atomic E-state index is -4.28. The Morgan fingerprint density at radius 1 is 1.30 bits per heavy atom. The molecule has 0 bridgehead atoms. The highest BCUT2D eigenvalue weighted by atomic mass is 19.4. The standard InChI is InChI=1S/C13H16F3N3O/c1-8(7-13(14,15)16)19-12(20)9-2-3-10-11(6-9)18-5-4-17-10/h2-3,6,8,17-18H,4-5,7H2,1H3,(H,19,20). The molecule has 0 fully saturated rings. The maximum Gasteiger partial charge on any atom is 0.391 e. The molecule has 4 nitrogen and oxygen atoms in total. The fourth-order valence-electron chi connectivity index (χ4n) is 2.09. The van der Waals surface area contributed by atoms with Gasteiger partial charge in [-0.3, -0.25) is 4.79 Å². The molecule has 1 aliphatic rings. The van der Waals surface area contributed by atoms with Gasteiger partial charge < -0.3 is 16.0 Å². The second kappa shape index (κ2) is 5.60. The highest BCUT2D eigenvalue weighted by Crippen LogP contribution is 2.26. The van der Waals surface area contributed by atoms with Crippen molar-refractivity contribution >= 4 is 17.3 Å². The van der Waals surface area contributed by atoms with Gasteiger partial charge in [0.05, 0.1) is 17.8 Å². The third-order valence-corrected chi connectivity index (χ3v) is 2.95. The molecule has 110 valence electrons. The number of halogens is 3. The molecular weight excluding hydrogens is 271 g/mol. The van der Waals surface area contributed by atoms with E-state index in [-0.39, 0.29) is 0 Å². The summed E-state index contributed by atoms with van der Waals surface area (Å²) in [6.07, 6.45) is -5.32. The van der Waals surface area contributed by atoms with Crippen LogP contribution in [0, 0.1) is 0 Å². The van der Waals surface area contributed by atoms with E-state index in [9.17, 15) is 18.0 Å². The van der Waals surface area contributed by atoms with Gasteiger partial charge in [-0.2, -0.15) is 13.2 Å². The summed E-state index contributed by atoms with van der Waals surface area (Å²) < 4.78 is 36.6. The molecule has 1 aromatic rings. The summed E-state index contributed by atoms with van der Waals surface area (Å²) in [5, 5.41) is 8.64. The minimum Gasteiger partial charge on any atom is -0.382 e. The SMILES string of the molecule is CC(CC(F)(F)F)NC(=O)c1ccc2c(c1)NCCN2. The van der Waals surface area contributed by atoms with Crippen molar-refractivity contribution in [3.8, 4) is 0 Å². The molecule has 3 N–H and O–H groups in total. The van der Waals surface area contributed by atoms with E-state index in [0.717, 1.165) is 24.5 Å². The minimum absolute atomic E-state index is 0.342. The normalized spacial score (nSPS) is 15.6. The molecule has 1 aromatic carbocycles. The Balaban J connectivity index is 2.02. The van der Waals surface area contributed by atoms with Crippen LogP contribution in [0.25, 0.3) is 0 Å². The quantitative estimate of drug-likeness (QED) is 0.801. The average Bonchev–Trinajstić information content (AvgIpc) is 2.35. The lowest BCUT2D eigenvalue weighted by atomic mass is 10.1. The molecule has 0 saturated carbocycles. The summed E-state index contributed by atoms with van der Waals surface area (Å²) in [6, 6.07) is 4.01. The molecule has 1 heterocycles. The zero-order chi connectivity index (χ0) is 14.8. The molecule has 20 heavy (non-hydrogen) atoms. The van der Waals surface area contributed by atoms with Gasteiger partial charge in [0.1, 0.15) is 0 Å². The van der Waals surface area contributed by atoms with Crippen molar-refractivity contribution in [3.63, 3.8) is 0 Å². The van der Waals surface area contributed by atoms with Crippen LogP contribution in [0.3, 0.4) is 0 Å². The van der Waals surface area contributed by atoms with Gasteiger partial charge in [-0.15, -0.1) is 0 Å². The molecular formula is C13H16F3N3O. The monoisotopic (exact) mass is 287 g/mol. The van der Waals surface area contributed by atoms with E-state index in [1.54, 1.807) is 18.2 Å². The molecule has 0 spiro atoms. The maximum absolute atomic E-state index is 12.2. The third-order valence-electron chi connectivity index (χ3n) is 2.95. The predicted octanol–water partition coefficient (Wildman–Crippen LogP) is 2.59. The predicted molar refractivity (Wildman–Crippen MR) is 71.0 cm³/mol. The van der Waals surface area contributed by atoms with Gasteiger partial charge in [0, 0.05) is 24.7 Å². The largest absolute Gasteiger partial charge is 0.391 e. The Kier molecular flexibility index (Phi) is 4.06. The van der Waals surface area contributed by atoms with Gasteiger partial charge in [0.25, 0.3) is 5.91 Å². The average molecular weight is 287 g/mol. The lowest BCUT2D eigenvalue weighted by Crippen LogP contribution is -2.36. The summed E-state index contributed by atoms with van der Waals surface area (Å²) >= 11 is 0. The van der Waals surface area contributed by atoms with Gasteiger partial charge in [0.2, 0.25) is 0 Å². The summed E-state index contributed by atoms with van der Waals surface area (Å²) in [7, 11) is 0. The smallest absolute Gasteiger partial charge is 0.382 e. The Hall–Kier alpha value is -1.92. The highest BCUT2D eigenvalue weighted by molar-refractivity contribution is 5.96. The zero-order valence-corrected chi connectivity index (χ0v) is 11.0. The summed E-state index contributed by atoms with van der Waals surface area (Å²) in [4.78, 5) is 11.9. The molecule has 0 radical (unpaired) electrons. The van der Waals surface area contributed by atoms with Crippen molar-refractivity contribution < 1.29 is 18.0 Å². The third kappa shape index (κ3) is 3.79. The molecule has 1 aliphatic heterocycles. The molecule has 0 aromatic heterocycles. The van der Waals surface area contributed by atoms with Crippen LogP contribution in [-0.4, -0.2) is 31.2 Å². The van der Waals surface area contributed by atoms with Crippen LogP contribution in [0.15, 0.2) is 18.2 Å². The fraction of sp³-hybridized carbons (Fsp3) is 0.462. The van der Waals surface area contributed by atoms with Crippen molar-refractivity contribution in [1.29, 1.82) is 0 Å². The highest BCUT2D eigenvalue weighted by Gasteiger charge is 2.30. The van der Waals surface area contributed by atoms with Crippen LogP contribution < -0.4 is 16.0 Å². The summed E-state index contributed by atoms with van der Waals surface area (Å²) in [6.45, 7) is 2.87. The first-order chi connectivity index (χ1) is 9.35. The van der Waals surface area contributed by atoms with E-state index in [0.29, 0.717) is 5.56 Å². The maximum atomic E-state index is 12.2. The number of carbonyl (C=O) groups is 1. The van der Waals surface area contributed by atoms with Crippen LogP contribution in [0.5, 0.6) is 0 Å². The fourth-order valence-corrected chi connectivity index (χ4v) is 2.09. The summed E-state index contributed by atoms with van der Waals surface area (Å²) in [5.74, 6) is -0.503. The van der Waals surface area contributed by atoms with Gasteiger partial charge in [-0.25, -0.2) is 0 Å². The van der Waals surface area contributed by atoms with E-state index in [4.69, 9.17) is 0 Å². The Labute approximate surface area is 114 Å². The summed E-state index contributed by atoms with van der Waals surface area (Å²) in [5.41, 5.74) is 2.01. The second-order valence-corrected chi connectivity index (χ2v) is 4.81. The number of hydrogen-bond donors (Lipinski definition) is 3. The van der Waals surface area contributed by atoms with Crippen molar-refractivity contribution in [1.82, 2.24) is 5.32 Å². The van der Waals surface area contributed by atoms with Crippen LogP contribution in [0.1, 0.15) is 23.7 Å².